The van der Waals surface area contributed by atoms with E-state index in [1.54, 1.807) is 0 Å². The first-order valence-corrected chi connectivity index (χ1v) is 6.33. The molecular formula is C14H21NO. The molecule has 1 aliphatic rings. The normalized spacial score (nSPS) is 16.6. The van der Waals surface area contributed by atoms with Gasteiger partial charge in [0, 0.05) is 0 Å². The second kappa shape index (κ2) is 5.90. The lowest BCUT2D eigenvalue weighted by molar-refractivity contribution is 0.313. The monoisotopic (exact) mass is 219 g/mol. The zero-order valence-electron chi connectivity index (χ0n) is 9.82. The van der Waals surface area contributed by atoms with Gasteiger partial charge in [0.05, 0.1) is 6.61 Å². The molecule has 1 aromatic rings. The van der Waals surface area contributed by atoms with Crippen LogP contribution in [0, 0.1) is 0 Å². The predicted octanol–water partition coefficient (Wildman–Crippen LogP) is 3.07. The molecule has 0 atom stereocenters. The molecule has 88 valence electrons. The minimum absolute atomic E-state index is 0.697. The molecule has 1 saturated carbocycles. The van der Waals surface area contributed by atoms with Gasteiger partial charge in [-0.25, -0.2) is 0 Å². The van der Waals surface area contributed by atoms with Gasteiger partial charge in [-0.3, -0.25) is 0 Å². The molecule has 0 amide bonds. The quantitative estimate of drug-likeness (QED) is 0.772. The third kappa shape index (κ3) is 2.99. The highest BCUT2D eigenvalue weighted by Crippen LogP contribution is 2.35. The van der Waals surface area contributed by atoms with Crippen LogP contribution in [-0.4, -0.2) is 13.2 Å². The largest absolute Gasteiger partial charge is 0.494 e. The topological polar surface area (TPSA) is 35.2 Å². The summed E-state index contributed by atoms with van der Waals surface area (Å²) in [6.45, 7) is 1.42. The molecule has 0 spiro atoms. The molecule has 0 saturated heterocycles. The van der Waals surface area contributed by atoms with Crippen molar-refractivity contribution >= 4 is 0 Å². The Balaban J connectivity index is 1.95. The van der Waals surface area contributed by atoms with E-state index in [0.29, 0.717) is 6.54 Å². The molecule has 2 nitrogen and oxygen atoms in total. The molecule has 2 heteroatoms. The molecule has 1 fully saturated rings. The number of nitrogens with two attached hydrogens (primary N) is 1. The van der Waals surface area contributed by atoms with Crippen molar-refractivity contribution in [1.82, 2.24) is 0 Å². The number of ether oxygens (including phenoxy) is 1. The van der Waals surface area contributed by atoms with Gasteiger partial charge in [0.25, 0.3) is 0 Å². The summed E-state index contributed by atoms with van der Waals surface area (Å²) < 4.78 is 5.67. The van der Waals surface area contributed by atoms with E-state index in [2.05, 4.69) is 18.2 Å². The Morgan fingerprint density at radius 1 is 1.25 bits per heavy atom. The van der Waals surface area contributed by atoms with Gasteiger partial charge in [0.15, 0.2) is 0 Å². The van der Waals surface area contributed by atoms with Crippen molar-refractivity contribution < 1.29 is 4.74 Å². The van der Waals surface area contributed by atoms with E-state index in [4.69, 9.17) is 10.5 Å². The zero-order chi connectivity index (χ0) is 11.2. The SMILES string of the molecule is NCCCOc1cccc(C2CCCC2)c1. The Hall–Kier alpha value is -1.02. The van der Waals surface area contributed by atoms with Crippen LogP contribution < -0.4 is 10.5 Å². The fourth-order valence-corrected chi connectivity index (χ4v) is 2.39. The van der Waals surface area contributed by atoms with Crippen LogP contribution in [0.2, 0.25) is 0 Å². The average molecular weight is 219 g/mol. The van der Waals surface area contributed by atoms with Crippen LogP contribution >= 0.6 is 0 Å². The Bertz CT molecular complexity index is 318. The molecule has 0 aromatic heterocycles. The van der Waals surface area contributed by atoms with E-state index >= 15 is 0 Å². The van der Waals surface area contributed by atoms with Crippen LogP contribution in [0.1, 0.15) is 43.6 Å². The number of rotatable bonds is 5. The Morgan fingerprint density at radius 3 is 2.81 bits per heavy atom. The van der Waals surface area contributed by atoms with Gasteiger partial charge in [-0.1, -0.05) is 25.0 Å². The van der Waals surface area contributed by atoms with Gasteiger partial charge < -0.3 is 10.5 Å². The minimum Gasteiger partial charge on any atom is -0.494 e. The van der Waals surface area contributed by atoms with Crippen molar-refractivity contribution in [1.29, 1.82) is 0 Å². The van der Waals surface area contributed by atoms with Gasteiger partial charge in [0.2, 0.25) is 0 Å². The fraction of sp³-hybridized carbons (Fsp3) is 0.571. The van der Waals surface area contributed by atoms with Crippen LogP contribution in [0.25, 0.3) is 0 Å². The standard InChI is InChI=1S/C14H21NO/c15-9-4-10-16-14-8-3-7-13(11-14)12-5-1-2-6-12/h3,7-8,11-12H,1-2,4-6,9-10,15H2. The van der Waals surface area contributed by atoms with Crippen LogP contribution in [0.5, 0.6) is 5.75 Å². The van der Waals surface area contributed by atoms with E-state index < -0.39 is 0 Å². The summed E-state index contributed by atoms with van der Waals surface area (Å²) in [4.78, 5) is 0. The Kier molecular flexibility index (Phi) is 4.23. The van der Waals surface area contributed by atoms with E-state index in [1.165, 1.54) is 31.2 Å². The highest BCUT2D eigenvalue weighted by Gasteiger charge is 2.17. The second-order valence-electron chi connectivity index (χ2n) is 4.54. The van der Waals surface area contributed by atoms with Crippen molar-refractivity contribution in [2.45, 2.75) is 38.0 Å². The lowest BCUT2D eigenvalue weighted by atomic mass is 9.98. The summed E-state index contributed by atoms with van der Waals surface area (Å²) in [6, 6.07) is 8.57. The van der Waals surface area contributed by atoms with Gasteiger partial charge in [-0.2, -0.15) is 0 Å². The number of benzene rings is 1. The van der Waals surface area contributed by atoms with E-state index in [9.17, 15) is 0 Å². The maximum atomic E-state index is 5.67. The molecule has 0 radical (unpaired) electrons. The summed E-state index contributed by atoms with van der Waals surface area (Å²) in [5.74, 6) is 1.76. The van der Waals surface area contributed by atoms with Crippen LogP contribution in [0.3, 0.4) is 0 Å². The smallest absolute Gasteiger partial charge is 0.119 e. The average Bonchev–Trinajstić information content (AvgIpc) is 2.83. The first kappa shape index (κ1) is 11.5. The second-order valence-corrected chi connectivity index (χ2v) is 4.54. The minimum atomic E-state index is 0.697. The molecule has 16 heavy (non-hydrogen) atoms. The van der Waals surface area contributed by atoms with E-state index in [-0.39, 0.29) is 0 Å². The molecule has 2 rings (SSSR count). The molecule has 0 unspecified atom stereocenters. The fourth-order valence-electron chi connectivity index (χ4n) is 2.39. The molecule has 0 heterocycles. The van der Waals surface area contributed by atoms with Crippen LogP contribution in [-0.2, 0) is 0 Å². The van der Waals surface area contributed by atoms with Gasteiger partial charge in [-0.05, 0) is 49.4 Å². The zero-order valence-corrected chi connectivity index (χ0v) is 9.82. The van der Waals surface area contributed by atoms with Crippen molar-refractivity contribution in [2.24, 2.45) is 5.73 Å². The lowest BCUT2D eigenvalue weighted by Gasteiger charge is -2.11. The highest BCUT2D eigenvalue weighted by atomic mass is 16.5. The van der Waals surface area contributed by atoms with Crippen LogP contribution in [0.4, 0.5) is 0 Å². The third-order valence-electron chi connectivity index (χ3n) is 3.30. The molecular weight excluding hydrogens is 198 g/mol. The van der Waals surface area contributed by atoms with E-state index in [1.807, 2.05) is 6.07 Å². The Labute approximate surface area is 97.8 Å². The summed E-state index contributed by atoms with van der Waals surface area (Å²) in [5.41, 5.74) is 6.89. The highest BCUT2D eigenvalue weighted by molar-refractivity contribution is 5.31. The molecule has 0 aliphatic heterocycles. The first-order valence-electron chi connectivity index (χ1n) is 6.33. The summed E-state index contributed by atoms with van der Waals surface area (Å²) in [5, 5.41) is 0. The summed E-state index contributed by atoms with van der Waals surface area (Å²) in [7, 11) is 0. The molecule has 0 bridgehead atoms. The van der Waals surface area contributed by atoms with Crippen molar-refractivity contribution in [3.63, 3.8) is 0 Å². The maximum absolute atomic E-state index is 5.67. The molecule has 1 aromatic carbocycles. The molecule has 1 aliphatic carbocycles. The predicted molar refractivity (Wildman–Crippen MR) is 66.8 cm³/mol. The maximum Gasteiger partial charge on any atom is 0.119 e. The van der Waals surface area contributed by atoms with Crippen LogP contribution in [0.15, 0.2) is 24.3 Å². The Morgan fingerprint density at radius 2 is 2.06 bits per heavy atom. The number of hydrogen-bond donors (Lipinski definition) is 1. The van der Waals surface area contributed by atoms with Crippen molar-refractivity contribution in [3.05, 3.63) is 29.8 Å². The number of hydrogen-bond acceptors (Lipinski definition) is 2. The first-order chi connectivity index (χ1) is 7.90. The summed E-state index contributed by atoms with van der Waals surface area (Å²) in [6.07, 6.45) is 6.36. The van der Waals surface area contributed by atoms with Gasteiger partial charge in [-0.15, -0.1) is 0 Å². The van der Waals surface area contributed by atoms with Gasteiger partial charge in [0.1, 0.15) is 5.75 Å². The summed E-state index contributed by atoms with van der Waals surface area (Å²) >= 11 is 0. The van der Waals surface area contributed by atoms with Crippen molar-refractivity contribution in [3.8, 4) is 5.75 Å². The van der Waals surface area contributed by atoms with E-state index in [0.717, 1.165) is 24.7 Å². The van der Waals surface area contributed by atoms with Crippen molar-refractivity contribution in [2.75, 3.05) is 13.2 Å². The van der Waals surface area contributed by atoms with Gasteiger partial charge >= 0.3 is 0 Å². The lowest BCUT2D eigenvalue weighted by Crippen LogP contribution is -2.06. The third-order valence-corrected chi connectivity index (χ3v) is 3.30. The molecule has 2 N–H and O–H groups in total.